The predicted octanol–water partition coefficient (Wildman–Crippen LogP) is 4.68. The molecule has 1 saturated heterocycles. The van der Waals surface area contributed by atoms with Gasteiger partial charge < -0.3 is 10.1 Å². The Morgan fingerprint density at radius 2 is 1.54 bits per heavy atom. The SMILES string of the molecule is O=C(COc1ccccc1/C=C1\C(=O)NC(=O)N(c2ccc(Cl)cc2)C1=O)Nc1ccc(Cl)cc1. The molecular weight excluding hydrogens is 493 g/mol. The standard InChI is InChI=1S/C25H17Cl2N3O5/c26-16-5-9-18(10-6-16)28-22(31)14-35-21-4-2-1-3-15(21)13-20-23(32)29-25(34)30(24(20)33)19-11-7-17(27)8-12-19/h1-13H,14H2,(H,28,31)(H,29,32,34)/b20-13+. The van der Waals surface area contributed by atoms with Crippen LogP contribution < -0.4 is 20.3 Å². The maximum Gasteiger partial charge on any atom is 0.335 e. The molecule has 35 heavy (non-hydrogen) atoms. The Hall–Kier alpha value is -4.14. The lowest BCUT2D eigenvalue weighted by Crippen LogP contribution is -2.54. The summed E-state index contributed by atoms with van der Waals surface area (Å²) in [5.74, 6) is -1.81. The van der Waals surface area contributed by atoms with Crippen LogP contribution in [0.3, 0.4) is 0 Å². The minimum Gasteiger partial charge on any atom is -0.483 e. The molecule has 2 N–H and O–H groups in total. The Morgan fingerprint density at radius 1 is 0.914 bits per heavy atom. The van der Waals surface area contributed by atoms with Crippen molar-refractivity contribution in [3.05, 3.63) is 94.0 Å². The molecule has 1 aliphatic heterocycles. The number of imide groups is 2. The Morgan fingerprint density at radius 3 is 2.23 bits per heavy atom. The van der Waals surface area contributed by atoms with E-state index in [1.165, 1.54) is 30.3 Å². The molecule has 0 radical (unpaired) electrons. The molecule has 10 heteroatoms. The van der Waals surface area contributed by atoms with Gasteiger partial charge >= 0.3 is 6.03 Å². The topological polar surface area (TPSA) is 105 Å². The van der Waals surface area contributed by atoms with Crippen molar-refractivity contribution in [2.24, 2.45) is 0 Å². The Kier molecular flexibility index (Phi) is 7.14. The van der Waals surface area contributed by atoms with Gasteiger partial charge in [-0.05, 0) is 60.7 Å². The van der Waals surface area contributed by atoms with Gasteiger partial charge in [0.2, 0.25) is 0 Å². The van der Waals surface area contributed by atoms with Crippen molar-refractivity contribution in [3.63, 3.8) is 0 Å². The van der Waals surface area contributed by atoms with E-state index in [4.69, 9.17) is 27.9 Å². The summed E-state index contributed by atoms with van der Waals surface area (Å²) >= 11 is 11.7. The quantitative estimate of drug-likeness (QED) is 0.370. The van der Waals surface area contributed by atoms with E-state index in [1.54, 1.807) is 48.5 Å². The Bertz CT molecular complexity index is 1340. The first-order valence-electron chi connectivity index (χ1n) is 10.3. The molecule has 0 unspecified atom stereocenters. The highest BCUT2D eigenvalue weighted by Gasteiger charge is 2.37. The van der Waals surface area contributed by atoms with Gasteiger partial charge in [0.1, 0.15) is 11.3 Å². The summed E-state index contributed by atoms with van der Waals surface area (Å²) < 4.78 is 5.63. The zero-order valence-electron chi connectivity index (χ0n) is 18.0. The number of nitrogens with one attached hydrogen (secondary N) is 2. The number of nitrogens with zero attached hydrogens (tertiary/aromatic N) is 1. The van der Waals surface area contributed by atoms with E-state index in [2.05, 4.69) is 10.6 Å². The number of carbonyl (C=O) groups excluding carboxylic acids is 4. The zero-order valence-corrected chi connectivity index (χ0v) is 19.5. The van der Waals surface area contributed by atoms with Crippen LogP contribution in [0.4, 0.5) is 16.2 Å². The summed E-state index contributed by atoms with van der Waals surface area (Å²) in [7, 11) is 0. The van der Waals surface area contributed by atoms with Crippen molar-refractivity contribution >= 4 is 64.4 Å². The number of rotatable bonds is 6. The lowest BCUT2D eigenvalue weighted by molar-refractivity contribution is -0.122. The molecule has 0 aromatic heterocycles. The van der Waals surface area contributed by atoms with Crippen molar-refractivity contribution in [3.8, 4) is 5.75 Å². The van der Waals surface area contributed by atoms with E-state index in [-0.39, 0.29) is 23.6 Å². The number of hydrogen-bond donors (Lipinski definition) is 2. The van der Waals surface area contributed by atoms with Crippen molar-refractivity contribution in [2.45, 2.75) is 0 Å². The van der Waals surface area contributed by atoms with Crippen LogP contribution in [-0.4, -0.2) is 30.4 Å². The molecular formula is C25H17Cl2N3O5. The first-order valence-corrected chi connectivity index (χ1v) is 11.0. The summed E-state index contributed by atoms with van der Waals surface area (Å²) in [6, 6.07) is 18.3. The molecule has 0 aliphatic carbocycles. The van der Waals surface area contributed by atoms with Gasteiger partial charge in [-0.25, -0.2) is 9.69 Å². The van der Waals surface area contributed by atoms with Crippen LogP contribution >= 0.6 is 23.2 Å². The average molecular weight is 510 g/mol. The second-order valence-corrected chi connectivity index (χ2v) is 8.19. The molecule has 1 heterocycles. The Labute approximate surface area is 210 Å². The first kappa shape index (κ1) is 24.0. The van der Waals surface area contributed by atoms with Crippen LogP contribution in [0, 0.1) is 0 Å². The van der Waals surface area contributed by atoms with Gasteiger partial charge in [0.25, 0.3) is 17.7 Å². The van der Waals surface area contributed by atoms with Crippen molar-refractivity contribution in [1.82, 2.24) is 5.32 Å². The van der Waals surface area contributed by atoms with Crippen molar-refractivity contribution in [2.75, 3.05) is 16.8 Å². The molecule has 176 valence electrons. The molecule has 0 atom stereocenters. The van der Waals surface area contributed by atoms with Crippen molar-refractivity contribution < 1.29 is 23.9 Å². The fourth-order valence-electron chi connectivity index (χ4n) is 3.24. The molecule has 3 aromatic rings. The predicted molar refractivity (Wildman–Crippen MR) is 132 cm³/mol. The molecule has 0 bridgehead atoms. The van der Waals surface area contributed by atoms with Crippen LogP contribution in [0.5, 0.6) is 5.75 Å². The van der Waals surface area contributed by atoms with Gasteiger partial charge in [-0.1, -0.05) is 41.4 Å². The summed E-state index contributed by atoms with van der Waals surface area (Å²) in [6.45, 7) is -0.321. The number of amides is 5. The van der Waals surface area contributed by atoms with Crippen LogP contribution in [0.1, 0.15) is 5.56 Å². The number of para-hydroxylation sites is 1. The number of barbiturate groups is 1. The Balaban J connectivity index is 1.53. The summed E-state index contributed by atoms with van der Waals surface area (Å²) in [4.78, 5) is 51.0. The highest BCUT2D eigenvalue weighted by molar-refractivity contribution is 6.39. The smallest absolute Gasteiger partial charge is 0.335 e. The van der Waals surface area contributed by atoms with Gasteiger partial charge in [0, 0.05) is 21.3 Å². The maximum absolute atomic E-state index is 13.1. The molecule has 3 aromatic carbocycles. The number of carbonyl (C=O) groups is 4. The normalized spacial score (nSPS) is 14.6. The van der Waals surface area contributed by atoms with Crippen molar-refractivity contribution in [1.29, 1.82) is 0 Å². The van der Waals surface area contributed by atoms with E-state index < -0.39 is 23.8 Å². The summed E-state index contributed by atoms with van der Waals surface area (Å²) in [6.07, 6.45) is 1.31. The minimum atomic E-state index is -0.872. The minimum absolute atomic E-state index is 0.249. The largest absolute Gasteiger partial charge is 0.483 e. The molecule has 1 fully saturated rings. The number of ether oxygens (including phenoxy) is 1. The third-order valence-electron chi connectivity index (χ3n) is 4.89. The van der Waals surface area contributed by atoms with Gasteiger partial charge in [0.15, 0.2) is 6.61 Å². The molecule has 0 saturated carbocycles. The van der Waals surface area contributed by atoms with Gasteiger partial charge in [-0.3, -0.25) is 19.7 Å². The van der Waals surface area contributed by atoms with E-state index in [9.17, 15) is 19.2 Å². The monoisotopic (exact) mass is 509 g/mol. The zero-order chi connectivity index (χ0) is 24.9. The molecule has 1 aliphatic rings. The summed E-state index contributed by atoms with van der Waals surface area (Å²) in [5, 5.41) is 5.80. The highest BCUT2D eigenvalue weighted by atomic mass is 35.5. The van der Waals surface area contributed by atoms with Gasteiger partial charge in [-0.2, -0.15) is 0 Å². The first-order chi connectivity index (χ1) is 16.8. The lowest BCUT2D eigenvalue weighted by Gasteiger charge is -2.26. The van der Waals surface area contributed by atoms with Crippen LogP contribution in [0.2, 0.25) is 10.0 Å². The number of urea groups is 1. The number of anilines is 2. The van der Waals surface area contributed by atoms with Gasteiger partial charge in [-0.15, -0.1) is 0 Å². The lowest BCUT2D eigenvalue weighted by atomic mass is 10.1. The van der Waals surface area contributed by atoms with E-state index in [1.807, 2.05) is 0 Å². The number of halogens is 2. The highest BCUT2D eigenvalue weighted by Crippen LogP contribution is 2.26. The fraction of sp³-hybridized carbons (Fsp3) is 0.0400. The molecule has 0 spiro atoms. The van der Waals surface area contributed by atoms with E-state index >= 15 is 0 Å². The molecule has 8 nitrogen and oxygen atoms in total. The maximum atomic E-state index is 13.1. The molecule has 5 amide bonds. The number of benzene rings is 3. The summed E-state index contributed by atoms with van der Waals surface area (Å²) in [5.41, 5.74) is 0.894. The van der Waals surface area contributed by atoms with Crippen LogP contribution in [0.25, 0.3) is 6.08 Å². The second kappa shape index (κ2) is 10.4. The van der Waals surface area contributed by atoms with Gasteiger partial charge in [0.05, 0.1) is 5.69 Å². The van der Waals surface area contributed by atoms with E-state index in [0.29, 0.717) is 21.3 Å². The molecule has 4 rings (SSSR count). The van der Waals surface area contributed by atoms with E-state index in [0.717, 1.165) is 4.90 Å². The van der Waals surface area contributed by atoms with Crippen LogP contribution in [0.15, 0.2) is 78.4 Å². The second-order valence-electron chi connectivity index (χ2n) is 7.32. The fourth-order valence-corrected chi connectivity index (χ4v) is 3.49. The average Bonchev–Trinajstić information content (AvgIpc) is 2.83. The third kappa shape index (κ3) is 5.68. The third-order valence-corrected chi connectivity index (χ3v) is 5.40. The van der Waals surface area contributed by atoms with Crippen LogP contribution in [-0.2, 0) is 14.4 Å². The number of hydrogen-bond acceptors (Lipinski definition) is 5.